The van der Waals surface area contributed by atoms with E-state index < -0.39 is 0 Å². The van der Waals surface area contributed by atoms with E-state index in [4.69, 9.17) is 0 Å². The van der Waals surface area contributed by atoms with E-state index in [1.807, 2.05) is 0 Å². The van der Waals surface area contributed by atoms with Crippen LogP contribution in [0.25, 0.3) is 0 Å². The number of aldehydes is 1. The minimum absolute atomic E-state index is 0.0150. The molecule has 1 N–H and O–H groups in total. The molecular formula is C9H14N2O3. The number of hydrogen-bond donors (Lipinski definition) is 1. The fourth-order valence-electron chi connectivity index (χ4n) is 1.68. The highest BCUT2D eigenvalue weighted by molar-refractivity contribution is 5.88. The molecule has 0 bridgehead atoms. The number of nitrogens with one attached hydrogen (secondary N) is 1. The molecule has 1 heterocycles. The molecule has 1 rings (SSSR count). The Labute approximate surface area is 82.4 Å². The number of rotatable bonds is 3. The van der Waals surface area contributed by atoms with E-state index in [9.17, 15) is 14.4 Å². The largest absolute Gasteiger partial charge is 0.348 e. The zero-order valence-electron chi connectivity index (χ0n) is 8.16. The summed E-state index contributed by atoms with van der Waals surface area (Å²) in [5, 5.41) is 2.46. The fourth-order valence-corrected chi connectivity index (χ4v) is 1.68. The van der Waals surface area contributed by atoms with Crippen molar-refractivity contribution < 1.29 is 14.4 Å². The Balaban J connectivity index is 2.53. The van der Waals surface area contributed by atoms with E-state index in [2.05, 4.69) is 5.32 Å². The molecule has 0 saturated carbocycles. The summed E-state index contributed by atoms with van der Waals surface area (Å²) in [5.74, 6) is -0.321. The normalized spacial score (nSPS) is 20.6. The molecular weight excluding hydrogens is 184 g/mol. The zero-order chi connectivity index (χ0) is 10.6. The minimum Gasteiger partial charge on any atom is -0.348 e. The monoisotopic (exact) mass is 198 g/mol. The summed E-state index contributed by atoms with van der Waals surface area (Å²) < 4.78 is 0. The van der Waals surface area contributed by atoms with Crippen LogP contribution in [-0.4, -0.2) is 42.1 Å². The summed E-state index contributed by atoms with van der Waals surface area (Å²) in [4.78, 5) is 34.2. The molecule has 0 aliphatic carbocycles. The van der Waals surface area contributed by atoms with Gasteiger partial charge < -0.3 is 15.0 Å². The molecule has 1 atom stereocenters. The second-order valence-electron chi connectivity index (χ2n) is 3.28. The van der Waals surface area contributed by atoms with Gasteiger partial charge in [-0.05, 0) is 12.8 Å². The second kappa shape index (κ2) is 4.74. The zero-order valence-corrected chi connectivity index (χ0v) is 8.16. The third-order valence-electron chi connectivity index (χ3n) is 2.32. The van der Waals surface area contributed by atoms with Gasteiger partial charge in [0.15, 0.2) is 0 Å². The average molecular weight is 198 g/mol. The maximum Gasteiger partial charge on any atom is 0.243 e. The SMILES string of the molecule is CC(=O)N1CCCC1C(=O)NCC=O. The molecule has 1 saturated heterocycles. The van der Waals surface area contributed by atoms with Gasteiger partial charge in [-0.15, -0.1) is 0 Å². The molecule has 0 aromatic heterocycles. The van der Waals surface area contributed by atoms with E-state index in [1.54, 1.807) is 4.90 Å². The van der Waals surface area contributed by atoms with Crippen LogP contribution in [0.15, 0.2) is 0 Å². The van der Waals surface area contributed by atoms with Crippen molar-refractivity contribution in [2.75, 3.05) is 13.1 Å². The molecule has 1 fully saturated rings. The first-order valence-electron chi connectivity index (χ1n) is 4.65. The molecule has 1 aliphatic heterocycles. The number of carbonyl (C=O) groups excluding carboxylic acids is 3. The van der Waals surface area contributed by atoms with Crippen LogP contribution in [-0.2, 0) is 14.4 Å². The Hall–Kier alpha value is -1.39. The summed E-state index contributed by atoms with van der Waals surface area (Å²) in [7, 11) is 0. The lowest BCUT2D eigenvalue weighted by Gasteiger charge is -2.21. The fraction of sp³-hybridized carbons (Fsp3) is 0.667. The van der Waals surface area contributed by atoms with Crippen LogP contribution in [0.4, 0.5) is 0 Å². The van der Waals surface area contributed by atoms with E-state index in [0.717, 1.165) is 6.42 Å². The molecule has 1 aliphatic rings. The standard InChI is InChI=1S/C9H14N2O3/c1-7(13)11-5-2-3-8(11)9(14)10-4-6-12/h6,8H,2-5H2,1H3,(H,10,14). The molecule has 0 radical (unpaired) electrons. The van der Waals surface area contributed by atoms with Gasteiger partial charge in [-0.2, -0.15) is 0 Å². The molecule has 78 valence electrons. The third kappa shape index (κ3) is 2.31. The quantitative estimate of drug-likeness (QED) is 0.610. The molecule has 5 heteroatoms. The lowest BCUT2D eigenvalue weighted by atomic mass is 10.2. The van der Waals surface area contributed by atoms with Crippen LogP contribution >= 0.6 is 0 Å². The van der Waals surface area contributed by atoms with Gasteiger partial charge in [0.05, 0.1) is 6.54 Å². The van der Waals surface area contributed by atoms with Crippen LogP contribution in [0, 0.1) is 0 Å². The molecule has 14 heavy (non-hydrogen) atoms. The van der Waals surface area contributed by atoms with Crippen molar-refractivity contribution in [3.63, 3.8) is 0 Å². The van der Waals surface area contributed by atoms with Crippen molar-refractivity contribution in [2.45, 2.75) is 25.8 Å². The van der Waals surface area contributed by atoms with Crippen molar-refractivity contribution in [2.24, 2.45) is 0 Å². The van der Waals surface area contributed by atoms with Crippen LogP contribution in [0.1, 0.15) is 19.8 Å². The number of likely N-dealkylation sites (tertiary alicyclic amines) is 1. The predicted octanol–water partition coefficient (Wildman–Crippen LogP) is -0.688. The van der Waals surface area contributed by atoms with Gasteiger partial charge in [0.2, 0.25) is 11.8 Å². The van der Waals surface area contributed by atoms with Crippen LogP contribution < -0.4 is 5.32 Å². The molecule has 1 unspecified atom stereocenters. The molecule has 0 aromatic carbocycles. The molecule has 5 nitrogen and oxygen atoms in total. The highest BCUT2D eigenvalue weighted by Gasteiger charge is 2.31. The molecule has 0 aromatic rings. The first-order valence-corrected chi connectivity index (χ1v) is 4.65. The van der Waals surface area contributed by atoms with E-state index in [1.165, 1.54) is 6.92 Å². The van der Waals surface area contributed by atoms with Gasteiger partial charge in [0.1, 0.15) is 12.3 Å². The highest BCUT2D eigenvalue weighted by Crippen LogP contribution is 2.16. The first-order chi connectivity index (χ1) is 6.66. The van der Waals surface area contributed by atoms with Crippen LogP contribution in [0.2, 0.25) is 0 Å². The van der Waals surface area contributed by atoms with E-state index in [-0.39, 0.29) is 24.4 Å². The predicted molar refractivity (Wildman–Crippen MR) is 49.5 cm³/mol. The first kappa shape index (κ1) is 10.7. The van der Waals surface area contributed by atoms with Crippen molar-refractivity contribution in [1.82, 2.24) is 10.2 Å². The van der Waals surface area contributed by atoms with Gasteiger partial charge in [0, 0.05) is 13.5 Å². The van der Waals surface area contributed by atoms with Crippen molar-refractivity contribution in [3.05, 3.63) is 0 Å². The van der Waals surface area contributed by atoms with Gasteiger partial charge in [-0.3, -0.25) is 9.59 Å². The summed E-state index contributed by atoms with van der Waals surface area (Å²) in [6, 6.07) is -0.382. The lowest BCUT2D eigenvalue weighted by Crippen LogP contribution is -2.45. The minimum atomic E-state index is -0.382. The number of nitrogens with zero attached hydrogens (tertiary/aromatic N) is 1. The number of carbonyl (C=O) groups is 3. The Bertz CT molecular complexity index is 252. The van der Waals surface area contributed by atoms with Crippen molar-refractivity contribution in [3.8, 4) is 0 Å². The summed E-state index contributed by atoms with van der Waals surface area (Å²) in [6.45, 7) is 2.10. The summed E-state index contributed by atoms with van der Waals surface area (Å²) in [6.07, 6.45) is 2.16. The van der Waals surface area contributed by atoms with Gasteiger partial charge in [0.25, 0.3) is 0 Å². The summed E-state index contributed by atoms with van der Waals surface area (Å²) >= 11 is 0. The van der Waals surface area contributed by atoms with Gasteiger partial charge in [-0.1, -0.05) is 0 Å². The van der Waals surface area contributed by atoms with Crippen LogP contribution in [0.5, 0.6) is 0 Å². The Morgan fingerprint density at radius 3 is 2.86 bits per heavy atom. The third-order valence-corrected chi connectivity index (χ3v) is 2.32. The second-order valence-corrected chi connectivity index (χ2v) is 3.28. The van der Waals surface area contributed by atoms with Gasteiger partial charge >= 0.3 is 0 Å². The van der Waals surface area contributed by atoms with E-state index in [0.29, 0.717) is 19.3 Å². The maximum absolute atomic E-state index is 11.5. The number of amides is 2. The van der Waals surface area contributed by atoms with Gasteiger partial charge in [-0.25, -0.2) is 0 Å². The van der Waals surface area contributed by atoms with Crippen LogP contribution in [0.3, 0.4) is 0 Å². The van der Waals surface area contributed by atoms with Crippen molar-refractivity contribution in [1.29, 1.82) is 0 Å². The molecule has 0 spiro atoms. The average Bonchev–Trinajstić information content (AvgIpc) is 2.62. The van der Waals surface area contributed by atoms with E-state index >= 15 is 0 Å². The highest BCUT2D eigenvalue weighted by atomic mass is 16.2. The Morgan fingerprint density at radius 2 is 2.29 bits per heavy atom. The maximum atomic E-state index is 11.5. The Morgan fingerprint density at radius 1 is 1.57 bits per heavy atom. The Kier molecular flexibility index (Phi) is 3.62. The van der Waals surface area contributed by atoms with Crippen molar-refractivity contribution >= 4 is 18.1 Å². The number of hydrogen-bond acceptors (Lipinski definition) is 3. The lowest BCUT2D eigenvalue weighted by molar-refractivity contribution is -0.137. The smallest absolute Gasteiger partial charge is 0.243 e. The molecule has 2 amide bonds. The topological polar surface area (TPSA) is 66.5 Å². The summed E-state index contributed by atoms with van der Waals surface area (Å²) in [5.41, 5.74) is 0.